The molecule has 24 heavy (non-hydrogen) atoms. The van der Waals surface area contributed by atoms with Crippen LogP contribution in [0.25, 0.3) is 10.9 Å². The Kier molecular flexibility index (Phi) is 4.08. The number of methoxy groups -OCH3 is 1. The Hall–Kier alpha value is -3.08. The van der Waals surface area contributed by atoms with E-state index < -0.39 is 11.7 Å². The topological polar surface area (TPSA) is 71.2 Å². The van der Waals surface area contributed by atoms with Crippen LogP contribution in [0.5, 0.6) is 5.75 Å². The lowest BCUT2D eigenvalue weighted by atomic mass is 10.1. The number of hydrogen-bond donors (Lipinski definition) is 2. The smallest absolute Gasteiger partial charge is 0.296 e. The van der Waals surface area contributed by atoms with E-state index in [-0.39, 0.29) is 0 Å². The maximum Gasteiger partial charge on any atom is 0.296 e. The Morgan fingerprint density at radius 3 is 2.62 bits per heavy atom. The maximum absolute atomic E-state index is 12.5. The van der Waals surface area contributed by atoms with Crippen molar-refractivity contribution in [1.29, 1.82) is 0 Å². The van der Waals surface area contributed by atoms with Gasteiger partial charge in [-0.2, -0.15) is 0 Å². The molecule has 0 spiro atoms. The van der Waals surface area contributed by atoms with Gasteiger partial charge in [-0.15, -0.1) is 0 Å². The van der Waals surface area contributed by atoms with Crippen LogP contribution in [0.15, 0.2) is 42.6 Å². The molecule has 1 aromatic heterocycles. The number of benzene rings is 2. The second-order valence-corrected chi connectivity index (χ2v) is 5.72. The summed E-state index contributed by atoms with van der Waals surface area (Å²) in [6.07, 6.45) is 1.55. The molecular formula is C19H18N2O3. The average Bonchev–Trinajstić information content (AvgIpc) is 3.00. The van der Waals surface area contributed by atoms with Gasteiger partial charge in [0.1, 0.15) is 5.75 Å². The molecule has 5 heteroatoms. The molecule has 122 valence electrons. The molecule has 1 amide bonds. The fourth-order valence-corrected chi connectivity index (χ4v) is 2.59. The third-order valence-corrected chi connectivity index (χ3v) is 3.98. The van der Waals surface area contributed by atoms with E-state index in [1.54, 1.807) is 25.4 Å². The first-order valence-electron chi connectivity index (χ1n) is 7.57. The molecule has 0 saturated carbocycles. The van der Waals surface area contributed by atoms with Gasteiger partial charge in [0.15, 0.2) is 0 Å². The van der Waals surface area contributed by atoms with Crippen molar-refractivity contribution in [3.05, 3.63) is 59.3 Å². The summed E-state index contributed by atoms with van der Waals surface area (Å²) in [6, 6.07) is 11.1. The molecule has 5 nitrogen and oxygen atoms in total. The first-order chi connectivity index (χ1) is 11.5. The van der Waals surface area contributed by atoms with Crippen LogP contribution in [0.3, 0.4) is 0 Å². The van der Waals surface area contributed by atoms with Crippen molar-refractivity contribution in [3.8, 4) is 5.75 Å². The van der Waals surface area contributed by atoms with Crippen LogP contribution in [0, 0.1) is 13.8 Å². The van der Waals surface area contributed by atoms with Gasteiger partial charge in [0.05, 0.1) is 12.7 Å². The number of fused-ring (bicyclic) bond motifs is 1. The number of hydrogen-bond acceptors (Lipinski definition) is 3. The molecule has 0 aliphatic rings. The van der Waals surface area contributed by atoms with Crippen LogP contribution in [-0.2, 0) is 4.79 Å². The molecule has 2 aromatic carbocycles. The Morgan fingerprint density at radius 2 is 1.88 bits per heavy atom. The highest BCUT2D eigenvalue weighted by atomic mass is 16.5. The summed E-state index contributed by atoms with van der Waals surface area (Å²) in [5, 5.41) is 3.36. The highest BCUT2D eigenvalue weighted by Crippen LogP contribution is 2.24. The average molecular weight is 322 g/mol. The predicted molar refractivity (Wildman–Crippen MR) is 93.7 cm³/mol. The van der Waals surface area contributed by atoms with Gasteiger partial charge in [-0.1, -0.05) is 12.1 Å². The molecule has 0 aliphatic carbocycles. The van der Waals surface area contributed by atoms with Crippen molar-refractivity contribution in [2.75, 3.05) is 12.4 Å². The Labute approximate surface area is 139 Å². The molecule has 0 fully saturated rings. The van der Waals surface area contributed by atoms with Crippen molar-refractivity contribution in [2.24, 2.45) is 0 Å². The summed E-state index contributed by atoms with van der Waals surface area (Å²) in [7, 11) is 1.56. The van der Waals surface area contributed by atoms with Crippen molar-refractivity contribution in [3.63, 3.8) is 0 Å². The molecule has 0 aliphatic heterocycles. The molecule has 0 atom stereocenters. The normalized spacial score (nSPS) is 10.6. The number of carbonyl (C=O) groups is 2. The first kappa shape index (κ1) is 15.8. The summed E-state index contributed by atoms with van der Waals surface area (Å²) in [5.74, 6) is -0.617. The number of aromatic amines is 1. The van der Waals surface area contributed by atoms with Crippen molar-refractivity contribution >= 4 is 28.3 Å². The summed E-state index contributed by atoms with van der Waals surface area (Å²) >= 11 is 0. The molecule has 3 rings (SSSR count). The van der Waals surface area contributed by atoms with Gasteiger partial charge >= 0.3 is 0 Å². The van der Waals surface area contributed by atoms with Gasteiger partial charge in [0.2, 0.25) is 0 Å². The van der Waals surface area contributed by atoms with Gasteiger partial charge in [0, 0.05) is 22.8 Å². The van der Waals surface area contributed by atoms with Crippen LogP contribution in [0.4, 0.5) is 5.69 Å². The summed E-state index contributed by atoms with van der Waals surface area (Å²) in [4.78, 5) is 27.9. The van der Waals surface area contributed by atoms with Crippen LogP contribution in [0.1, 0.15) is 21.5 Å². The largest absolute Gasteiger partial charge is 0.497 e. The van der Waals surface area contributed by atoms with Crippen molar-refractivity contribution in [2.45, 2.75) is 13.8 Å². The maximum atomic E-state index is 12.5. The van der Waals surface area contributed by atoms with Crippen LogP contribution in [-0.4, -0.2) is 23.8 Å². The quantitative estimate of drug-likeness (QED) is 0.569. The first-order valence-corrected chi connectivity index (χ1v) is 7.57. The van der Waals surface area contributed by atoms with Crippen molar-refractivity contribution < 1.29 is 14.3 Å². The summed E-state index contributed by atoms with van der Waals surface area (Å²) < 4.78 is 5.19. The molecule has 0 radical (unpaired) electrons. The summed E-state index contributed by atoms with van der Waals surface area (Å²) in [5.41, 5.74) is 3.67. The number of ketones is 1. The molecule has 0 saturated heterocycles. The van der Waals surface area contributed by atoms with Crippen molar-refractivity contribution in [1.82, 2.24) is 4.98 Å². The Bertz CT molecular complexity index is 941. The van der Waals surface area contributed by atoms with Crippen LogP contribution < -0.4 is 10.1 Å². The second-order valence-electron chi connectivity index (χ2n) is 5.72. The number of H-pyrrole nitrogens is 1. The van der Waals surface area contributed by atoms with E-state index in [1.165, 1.54) is 0 Å². The Morgan fingerprint density at radius 1 is 1.08 bits per heavy atom. The zero-order chi connectivity index (χ0) is 17.3. The van der Waals surface area contributed by atoms with E-state index >= 15 is 0 Å². The molecule has 1 heterocycles. The van der Waals surface area contributed by atoms with E-state index in [1.807, 2.05) is 38.1 Å². The fourth-order valence-electron chi connectivity index (χ4n) is 2.59. The zero-order valence-corrected chi connectivity index (χ0v) is 13.8. The van der Waals surface area contributed by atoms with Crippen LogP contribution >= 0.6 is 0 Å². The van der Waals surface area contributed by atoms with Gasteiger partial charge in [-0.3, -0.25) is 9.59 Å². The third-order valence-electron chi connectivity index (χ3n) is 3.98. The number of amides is 1. The highest BCUT2D eigenvalue weighted by molar-refractivity contribution is 6.48. The number of ether oxygens (including phenoxy) is 1. The van der Waals surface area contributed by atoms with E-state index in [2.05, 4.69) is 10.3 Å². The van der Waals surface area contributed by atoms with Gasteiger partial charge in [0.25, 0.3) is 11.7 Å². The standard InChI is InChI=1S/C19H18N2O3/c1-11-4-5-12(2)17(8-11)21-19(23)18(22)15-10-20-16-7-6-13(24-3)9-14(15)16/h4-10,20H,1-3H3,(H,21,23). The highest BCUT2D eigenvalue weighted by Gasteiger charge is 2.21. The minimum atomic E-state index is -0.660. The predicted octanol–water partition coefficient (Wildman–Crippen LogP) is 3.61. The van der Waals surface area contributed by atoms with E-state index in [9.17, 15) is 9.59 Å². The summed E-state index contributed by atoms with van der Waals surface area (Å²) in [6.45, 7) is 3.82. The van der Waals surface area contributed by atoms with E-state index in [4.69, 9.17) is 4.74 Å². The lowest BCUT2D eigenvalue weighted by molar-refractivity contribution is -0.112. The lowest BCUT2D eigenvalue weighted by Crippen LogP contribution is -2.23. The number of nitrogens with one attached hydrogen (secondary N) is 2. The molecule has 0 bridgehead atoms. The number of carbonyl (C=O) groups excluding carboxylic acids is 2. The zero-order valence-electron chi connectivity index (χ0n) is 13.8. The number of anilines is 1. The van der Waals surface area contributed by atoms with Gasteiger partial charge in [-0.05, 0) is 49.2 Å². The molecule has 3 aromatic rings. The lowest BCUT2D eigenvalue weighted by Gasteiger charge is -2.08. The second kappa shape index (κ2) is 6.20. The number of rotatable bonds is 4. The van der Waals surface area contributed by atoms with Crippen LogP contribution in [0.2, 0.25) is 0 Å². The minimum Gasteiger partial charge on any atom is -0.497 e. The van der Waals surface area contributed by atoms with E-state index in [0.717, 1.165) is 16.6 Å². The molecular weight excluding hydrogens is 304 g/mol. The van der Waals surface area contributed by atoms with E-state index in [0.29, 0.717) is 22.4 Å². The van der Waals surface area contributed by atoms with Gasteiger partial charge in [-0.25, -0.2) is 0 Å². The fraction of sp³-hybridized carbons (Fsp3) is 0.158. The number of aromatic nitrogens is 1. The number of aryl methyl sites for hydroxylation is 2. The third kappa shape index (κ3) is 2.88. The SMILES string of the molecule is COc1ccc2[nH]cc(C(=O)C(=O)Nc3cc(C)ccc3C)c2c1. The minimum absolute atomic E-state index is 0.326. The monoisotopic (exact) mass is 322 g/mol. The van der Waals surface area contributed by atoms with Gasteiger partial charge < -0.3 is 15.0 Å². The Balaban J connectivity index is 1.91. The molecule has 0 unspecified atom stereocenters. The number of Topliss-reactive ketones (excluding diaryl/α,β-unsaturated/α-hetero) is 1. The molecule has 2 N–H and O–H groups in total.